The van der Waals surface area contributed by atoms with Crippen LogP contribution in [0, 0.1) is 0 Å². The molecule has 0 atom stereocenters. The highest BCUT2D eigenvalue weighted by atomic mass is 79.9. The van der Waals surface area contributed by atoms with Crippen LogP contribution in [-0.4, -0.2) is 29.9 Å². The highest BCUT2D eigenvalue weighted by molar-refractivity contribution is 9.10. The fourth-order valence-electron chi connectivity index (χ4n) is 2.23. The Labute approximate surface area is 177 Å². The number of nitrogens with zero attached hydrogens (tertiary/aromatic N) is 1. The molecular weight excluding hydrogens is 470 g/mol. The van der Waals surface area contributed by atoms with E-state index in [2.05, 4.69) is 31.5 Å². The molecular formula is C18H15BrClN3O2S2. The summed E-state index contributed by atoms with van der Waals surface area (Å²) in [5, 5.41) is 10.9. The summed E-state index contributed by atoms with van der Waals surface area (Å²) < 4.78 is 1.03. The predicted octanol–water partition coefficient (Wildman–Crippen LogP) is 4.38. The Morgan fingerprint density at radius 2 is 1.81 bits per heavy atom. The fourth-order valence-corrected chi connectivity index (χ4v) is 4.69. The van der Waals surface area contributed by atoms with E-state index >= 15 is 0 Å². The number of amides is 2. The third-order valence-corrected chi connectivity index (χ3v) is 6.51. The van der Waals surface area contributed by atoms with Crippen LogP contribution in [-0.2, 0) is 11.2 Å². The highest BCUT2D eigenvalue weighted by Crippen LogP contribution is 2.32. The summed E-state index contributed by atoms with van der Waals surface area (Å²) >= 11 is 12.4. The summed E-state index contributed by atoms with van der Waals surface area (Å²) in [6.07, 6.45) is 0.216. The van der Waals surface area contributed by atoms with E-state index in [4.69, 9.17) is 11.6 Å². The summed E-state index contributed by atoms with van der Waals surface area (Å²) in [6.45, 7) is 0.700. The molecule has 0 fully saturated rings. The largest absolute Gasteiger partial charge is 0.354 e. The van der Waals surface area contributed by atoms with Gasteiger partial charge in [0.25, 0.3) is 5.91 Å². The smallest absolute Gasteiger partial charge is 0.251 e. The van der Waals surface area contributed by atoms with Gasteiger partial charge in [-0.05, 0) is 46.3 Å². The molecule has 140 valence electrons. The van der Waals surface area contributed by atoms with Crippen molar-refractivity contribution in [3.8, 4) is 9.88 Å². The number of hydrogen-bond donors (Lipinski definition) is 2. The van der Waals surface area contributed by atoms with Crippen molar-refractivity contribution in [3.63, 3.8) is 0 Å². The van der Waals surface area contributed by atoms with Gasteiger partial charge in [-0.1, -0.05) is 11.6 Å². The van der Waals surface area contributed by atoms with Gasteiger partial charge in [0.1, 0.15) is 5.01 Å². The van der Waals surface area contributed by atoms with E-state index in [1.54, 1.807) is 35.6 Å². The first-order valence-corrected chi connectivity index (χ1v) is 10.9. The van der Waals surface area contributed by atoms with E-state index in [0.717, 1.165) is 20.1 Å². The molecule has 0 radical (unpaired) electrons. The number of rotatable bonds is 7. The minimum atomic E-state index is -0.202. The SMILES string of the molecule is O=C(Cc1csc(-c2cc(Br)cs2)n1)NCCNC(=O)c1ccc(Cl)cc1. The number of hydrogen-bond acceptors (Lipinski definition) is 5. The average Bonchev–Trinajstić information content (AvgIpc) is 3.28. The summed E-state index contributed by atoms with van der Waals surface area (Å²) in [6, 6.07) is 8.64. The Morgan fingerprint density at radius 3 is 2.52 bits per heavy atom. The predicted molar refractivity (Wildman–Crippen MR) is 114 cm³/mol. The molecule has 2 heterocycles. The van der Waals surface area contributed by atoms with Crippen molar-refractivity contribution < 1.29 is 9.59 Å². The molecule has 0 aliphatic carbocycles. The van der Waals surface area contributed by atoms with Crippen molar-refractivity contribution in [2.75, 3.05) is 13.1 Å². The van der Waals surface area contributed by atoms with E-state index in [9.17, 15) is 9.59 Å². The minimum Gasteiger partial charge on any atom is -0.354 e. The molecule has 0 bridgehead atoms. The molecule has 0 aliphatic heterocycles. The number of thiophene rings is 1. The van der Waals surface area contributed by atoms with E-state index in [1.807, 2.05) is 16.8 Å². The monoisotopic (exact) mass is 483 g/mol. The Morgan fingerprint density at radius 1 is 1.07 bits per heavy atom. The first-order valence-electron chi connectivity index (χ1n) is 8.00. The van der Waals surface area contributed by atoms with E-state index in [0.29, 0.717) is 23.7 Å². The van der Waals surface area contributed by atoms with Gasteiger partial charge in [-0.3, -0.25) is 9.59 Å². The van der Waals surface area contributed by atoms with Gasteiger partial charge in [0.05, 0.1) is 17.0 Å². The lowest BCUT2D eigenvalue weighted by molar-refractivity contribution is -0.120. The summed E-state index contributed by atoms with van der Waals surface area (Å²) in [4.78, 5) is 29.6. The second kappa shape index (κ2) is 9.45. The van der Waals surface area contributed by atoms with Crippen molar-refractivity contribution in [3.05, 3.63) is 61.8 Å². The maximum absolute atomic E-state index is 12.0. The van der Waals surface area contributed by atoms with Gasteiger partial charge in [0.15, 0.2) is 0 Å². The van der Waals surface area contributed by atoms with Crippen LogP contribution in [0.2, 0.25) is 5.02 Å². The number of benzene rings is 1. The van der Waals surface area contributed by atoms with E-state index in [-0.39, 0.29) is 18.2 Å². The van der Waals surface area contributed by atoms with E-state index < -0.39 is 0 Å². The lowest BCUT2D eigenvalue weighted by Crippen LogP contribution is -2.35. The summed E-state index contributed by atoms with van der Waals surface area (Å²) in [5.74, 6) is -0.327. The molecule has 2 N–H and O–H groups in total. The summed E-state index contributed by atoms with van der Waals surface area (Å²) in [5.41, 5.74) is 1.27. The van der Waals surface area contributed by atoms with Gasteiger partial charge >= 0.3 is 0 Å². The molecule has 2 amide bonds. The molecule has 0 unspecified atom stereocenters. The van der Waals surface area contributed by atoms with Crippen LogP contribution in [0.1, 0.15) is 16.1 Å². The van der Waals surface area contributed by atoms with Gasteiger partial charge in [0.2, 0.25) is 5.91 Å². The van der Waals surface area contributed by atoms with Crippen LogP contribution >= 0.6 is 50.2 Å². The van der Waals surface area contributed by atoms with Crippen LogP contribution in [0.5, 0.6) is 0 Å². The van der Waals surface area contributed by atoms with Crippen LogP contribution < -0.4 is 10.6 Å². The third kappa shape index (κ3) is 5.87. The zero-order chi connectivity index (χ0) is 19.2. The van der Waals surface area contributed by atoms with Crippen molar-refractivity contribution in [1.82, 2.24) is 15.6 Å². The molecule has 5 nitrogen and oxygen atoms in total. The summed E-state index contributed by atoms with van der Waals surface area (Å²) in [7, 11) is 0. The molecule has 0 spiro atoms. The molecule has 0 saturated carbocycles. The first-order chi connectivity index (χ1) is 13.0. The van der Waals surface area contributed by atoms with Crippen LogP contribution in [0.25, 0.3) is 9.88 Å². The number of thiazole rings is 1. The van der Waals surface area contributed by atoms with Crippen molar-refractivity contribution >= 4 is 62.0 Å². The molecule has 27 heavy (non-hydrogen) atoms. The molecule has 3 aromatic rings. The van der Waals surface area contributed by atoms with Gasteiger partial charge < -0.3 is 10.6 Å². The van der Waals surface area contributed by atoms with Crippen molar-refractivity contribution in [2.24, 2.45) is 0 Å². The Bertz CT molecular complexity index is 940. The number of aromatic nitrogens is 1. The van der Waals surface area contributed by atoms with Gasteiger partial charge in [-0.2, -0.15) is 0 Å². The number of carbonyl (C=O) groups is 2. The molecule has 0 aliphatic rings. The molecule has 2 aromatic heterocycles. The molecule has 0 saturated heterocycles. The topological polar surface area (TPSA) is 71.1 Å². The Hall–Kier alpha value is -1.74. The fraction of sp³-hybridized carbons (Fsp3) is 0.167. The quantitative estimate of drug-likeness (QED) is 0.489. The zero-order valence-electron chi connectivity index (χ0n) is 14.0. The van der Waals surface area contributed by atoms with Crippen molar-refractivity contribution in [2.45, 2.75) is 6.42 Å². The Balaban J connectivity index is 1.40. The van der Waals surface area contributed by atoms with E-state index in [1.165, 1.54) is 11.3 Å². The molecule has 1 aromatic carbocycles. The van der Waals surface area contributed by atoms with Crippen molar-refractivity contribution in [1.29, 1.82) is 0 Å². The maximum atomic E-state index is 12.0. The van der Waals surface area contributed by atoms with Gasteiger partial charge in [-0.15, -0.1) is 22.7 Å². The minimum absolute atomic E-state index is 0.125. The van der Waals surface area contributed by atoms with Crippen LogP contribution in [0.3, 0.4) is 0 Å². The highest BCUT2D eigenvalue weighted by Gasteiger charge is 2.10. The van der Waals surface area contributed by atoms with Gasteiger partial charge in [-0.25, -0.2) is 4.98 Å². The molecule has 3 rings (SSSR count). The third-order valence-electron chi connectivity index (χ3n) is 3.51. The number of carbonyl (C=O) groups excluding carboxylic acids is 2. The maximum Gasteiger partial charge on any atom is 0.251 e. The standard InChI is InChI=1S/C18H15BrClN3O2S2/c19-12-7-15(26-9-12)18-23-14(10-27-18)8-16(24)21-5-6-22-17(25)11-1-3-13(20)4-2-11/h1-4,7,9-10H,5-6,8H2,(H,21,24)(H,22,25). The normalized spacial score (nSPS) is 10.6. The Kier molecular flexibility index (Phi) is 7.01. The van der Waals surface area contributed by atoms with Crippen LogP contribution in [0.4, 0.5) is 0 Å². The lowest BCUT2D eigenvalue weighted by atomic mass is 10.2. The lowest BCUT2D eigenvalue weighted by Gasteiger charge is -2.07. The molecule has 9 heteroatoms. The number of nitrogens with one attached hydrogen (secondary N) is 2. The second-order valence-corrected chi connectivity index (χ2v) is 8.68. The zero-order valence-corrected chi connectivity index (χ0v) is 18.0. The average molecular weight is 485 g/mol. The van der Waals surface area contributed by atoms with Gasteiger partial charge in [0, 0.05) is 38.9 Å². The van der Waals surface area contributed by atoms with Crippen LogP contribution in [0.15, 0.2) is 45.6 Å². The number of halogens is 2. The first kappa shape index (κ1) is 20.0. The second-order valence-electron chi connectivity index (χ2n) is 5.56.